The van der Waals surface area contributed by atoms with Gasteiger partial charge in [0.15, 0.2) is 0 Å². The predicted molar refractivity (Wildman–Crippen MR) is 56.0 cm³/mol. The van der Waals surface area contributed by atoms with Gasteiger partial charge in [0.2, 0.25) is 0 Å². The van der Waals surface area contributed by atoms with E-state index >= 15 is 0 Å². The number of anilines is 1. The van der Waals surface area contributed by atoms with Crippen molar-refractivity contribution in [2.24, 2.45) is 0 Å². The van der Waals surface area contributed by atoms with Crippen LogP contribution in [-0.2, 0) is 0 Å². The molecule has 0 aliphatic heterocycles. The van der Waals surface area contributed by atoms with Crippen LogP contribution in [0.5, 0.6) is 0 Å². The molecule has 0 aliphatic carbocycles. The molecule has 0 radical (unpaired) electrons. The molecule has 1 N–H and O–H groups in total. The number of benzene rings is 1. The fourth-order valence-electron chi connectivity index (χ4n) is 1.19. The molecule has 0 saturated carbocycles. The van der Waals surface area contributed by atoms with Crippen LogP contribution in [0.1, 0.15) is 16.7 Å². The van der Waals surface area contributed by atoms with E-state index in [-0.39, 0.29) is 10.9 Å². The molecule has 1 aromatic carbocycles. The Balaban J connectivity index is 3.41. The second-order valence-corrected chi connectivity index (χ2v) is 3.84. The Hall–Kier alpha value is -0.580. The molecule has 0 amide bonds. The van der Waals surface area contributed by atoms with Crippen LogP contribution in [-0.4, -0.2) is 5.21 Å². The molecule has 3 nitrogen and oxygen atoms in total. The molecule has 13 heavy (non-hydrogen) atoms. The lowest BCUT2D eigenvalue weighted by Gasteiger charge is -2.25. The molecule has 1 rings (SSSR count). The van der Waals surface area contributed by atoms with Crippen LogP contribution < -0.4 is 5.23 Å². The number of nitrogens with zero attached hydrogens (tertiary/aromatic N) is 1. The van der Waals surface area contributed by atoms with Gasteiger partial charge in [-0.1, -0.05) is 15.9 Å². The van der Waals surface area contributed by atoms with Crippen LogP contribution in [0.15, 0.2) is 10.5 Å². The van der Waals surface area contributed by atoms with E-state index in [4.69, 9.17) is 5.21 Å². The van der Waals surface area contributed by atoms with Crippen molar-refractivity contribution < 1.29 is 5.21 Å². The quantitative estimate of drug-likeness (QED) is 0.773. The average Bonchev–Trinajstić information content (AvgIpc) is 2.07. The highest BCUT2D eigenvalue weighted by Crippen LogP contribution is 2.31. The van der Waals surface area contributed by atoms with E-state index in [0.717, 1.165) is 21.2 Å². The van der Waals surface area contributed by atoms with E-state index in [1.807, 2.05) is 13.8 Å². The molecule has 0 spiro atoms. The molecule has 0 atom stereocenters. The third kappa shape index (κ3) is 1.85. The van der Waals surface area contributed by atoms with Gasteiger partial charge in [0.05, 0.1) is 5.69 Å². The summed E-state index contributed by atoms with van der Waals surface area (Å²) in [5.41, 5.74) is 3.10. The second-order valence-electron chi connectivity index (χ2n) is 3.05. The Bertz CT molecular complexity index is 337. The van der Waals surface area contributed by atoms with Gasteiger partial charge in [-0.15, -0.1) is 0 Å². The minimum Gasteiger partial charge on any atom is -0.733 e. The van der Waals surface area contributed by atoms with Crippen molar-refractivity contribution in [3.8, 4) is 0 Å². The number of hydrogen-bond donors (Lipinski definition) is 1. The first-order valence-electron chi connectivity index (χ1n) is 3.87. The van der Waals surface area contributed by atoms with Gasteiger partial charge in [-0.2, -0.15) is 0 Å². The number of hydrogen-bond acceptors (Lipinski definition) is 3. The summed E-state index contributed by atoms with van der Waals surface area (Å²) in [6.45, 7) is 5.64. The van der Waals surface area contributed by atoms with E-state index < -0.39 is 0 Å². The van der Waals surface area contributed by atoms with E-state index in [2.05, 4.69) is 15.9 Å². The van der Waals surface area contributed by atoms with Crippen molar-refractivity contribution in [2.75, 3.05) is 5.23 Å². The molecule has 0 fully saturated rings. The fraction of sp³-hybridized carbons (Fsp3) is 0.333. The number of rotatable bonds is 1. The maximum Gasteiger partial charge on any atom is 0.0552 e. The third-order valence-corrected chi connectivity index (χ3v) is 3.38. The molecule has 0 bridgehead atoms. The zero-order chi connectivity index (χ0) is 10.2. The molecule has 0 heterocycles. The van der Waals surface area contributed by atoms with Gasteiger partial charge in [-0.3, -0.25) is 5.21 Å². The largest absolute Gasteiger partial charge is 0.733 e. The summed E-state index contributed by atoms with van der Waals surface area (Å²) >= 11 is 3.37. The van der Waals surface area contributed by atoms with Gasteiger partial charge in [0.1, 0.15) is 0 Å². The second kappa shape index (κ2) is 3.65. The first-order chi connectivity index (χ1) is 5.95. The summed E-state index contributed by atoms with van der Waals surface area (Å²) in [5, 5.41) is 19.4. The molecule has 0 saturated heterocycles. The van der Waals surface area contributed by atoms with Crippen LogP contribution in [0.2, 0.25) is 0 Å². The molecular formula is C9H11BrNO2-. The molecular weight excluding hydrogens is 234 g/mol. The highest BCUT2D eigenvalue weighted by Gasteiger charge is 2.08. The summed E-state index contributed by atoms with van der Waals surface area (Å²) < 4.78 is 0.873. The van der Waals surface area contributed by atoms with Crippen molar-refractivity contribution in [1.29, 1.82) is 0 Å². The molecule has 4 heteroatoms. The third-order valence-electron chi connectivity index (χ3n) is 2.19. The SMILES string of the molecule is Cc1cc(N([O-])O)c(C)c(Br)c1C. The Labute approximate surface area is 85.7 Å². The first-order valence-corrected chi connectivity index (χ1v) is 4.67. The van der Waals surface area contributed by atoms with Crippen LogP contribution >= 0.6 is 15.9 Å². The summed E-state index contributed by atoms with van der Waals surface area (Å²) in [7, 11) is 0. The maximum atomic E-state index is 10.7. The predicted octanol–water partition coefficient (Wildman–Crippen LogP) is 3.07. The monoisotopic (exact) mass is 244 g/mol. The lowest BCUT2D eigenvalue weighted by molar-refractivity contribution is 0.296. The van der Waals surface area contributed by atoms with Crippen LogP contribution in [0.4, 0.5) is 5.69 Å². The minimum absolute atomic E-state index is 0.105. The Morgan fingerprint density at radius 1 is 1.31 bits per heavy atom. The standard InChI is InChI=1S/C9H11BrNO2/c1-5-4-8(11(12)13)7(3)9(10)6(5)2/h4,12H,1-3H3/q-1. The lowest BCUT2D eigenvalue weighted by atomic mass is 10.1. The highest BCUT2D eigenvalue weighted by atomic mass is 79.9. The van der Waals surface area contributed by atoms with Gasteiger partial charge in [0, 0.05) is 4.47 Å². The molecule has 0 aromatic heterocycles. The number of halogens is 1. The maximum absolute atomic E-state index is 10.7. The van der Waals surface area contributed by atoms with Gasteiger partial charge in [0.25, 0.3) is 0 Å². The van der Waals surface area contributed by atoms with Crippen molar-refractivity contribution in [1.82, 2.24) is 0 Å². The Morgan fingerprint density at radius 2 is 1.85 bits per heavy atom. The first kappa shape index (κ1) is 10.5. The number of aryl methyl sites for hydroxylation is 1. The highest BCUT2D eigenvalue weighted by molar-refractivity contribution is 9.10. The Morgan fingerprint density at radius 3 is 2.31 bits per heavy atom. The molecule has 72 valence electrons. The van der Waals surface area contributed by atoms with Crippen molar-refractivity contribution in [2.45, 2.75) is 20.8 Å². The average molecular weight is 245 g/mol. The van der Waals surface area contributed by atoms with E-state index in [1.54, 1.807) is 13.0 Å². The van der Waals surface area contributed by atoms with Crippen molar-refractivity contribution in [3.63, 3.8) is 0 Å². The topological polar surface area (TPSA) is 46.5 Å². The van der Waals surface area contributed by atoms with Crippen molar-refractivity contribution >= 4 is 21.6 Å². The summed E-state index contributed by atoms with van der Waals surface area (Å²) in [6, 6.07) is 1.67. The van der Waals surface area contributed by atoms with Gasteiger partial charge in [-0.05, 0) is 43.5 Å². The zero-order valence-corrected chi connectivity index (χ0v) is 9.34. The van der Waals surface area contributed by atoms with Crippen LogP contribution in [0.3, 0.4) is 0 Å². The summed E-state index contributed by atoms with van der Waals surface area (Å²) in [4.78, 5) is 0. The van der Waals surface area contributed by atoms with Gasteiger partial charge >= 0.3 is 0 Å². The van der Waals surface area contributed by atoms with Crippen LogP contribution in [0.25, 0.3) is 0 Å². The molecule has 0 unspecified atom stereocenters. The minimum atomic E-state index is -0.105. The molecule has 1 aromatic rings. The smallest absolute Gasteiger partial charge is 0.0552 e. The van der Waals surface area contributed by atoms with Crippen LogP contribution in [0, 0.1) is 26.0 Å². The van der Waals surface area contributed by atoms with E-state index in [9.17, 15) is 5.21 Å². The lowest BCUT2D eigenvalue weighted by Crippen LogP contribution is -2.09. The van der Waals surface area contributed by atoms with E-state index in [1.165, 1.54) is 0 Å². The van der Waals surface area contributed by atoms with Gasteiger partial charge in [-0.25, -0.2) is 0 Å². The zero-order valence-electron chi connectivity index (χ0n) is 7.76. The summed E-state index contributed by atoms with van der Waals surface area (Å²) in [5.74, 6) is 0. The van der Waals surface area contributed by atoms with E-state index in [0.29, 0.717) is 0 Å². The molecule has 0 aliphatic rings. The normalized spacial score (nSPS) is 10.3. The van der Waals surface area contributed by atoms with Gasteiger partial charge < -0.3 is 10.4 Å². The van der Waals surface area contributed by atoms with Crippen molar-refractivity contribution in [3.05, 3.63) is 32.4 Å². The Kier molecular flexibility index (Phi) is 2.95. The fourth-order valence-corrected chi connectivity index (χ4v) is 1.70. The summed E-state index contributed by atoms with van der Waals surface area (Å²) in [6.07, 6.45) is 0.